The number of nitrogens with zero attached hydrogens (tertiary/aromatic N) is 1. The first-order chi connectivity index (χ1) is 8.17. The van der Waals surface area contributed by atoms with Crippen LogP contribution in [0.25, 0.3) is 0 Å². The van der Waals surface area contributed by atoms with Crippen molar-refractivity contribution < 1.29 is 9.50 Å². The van der Waals surface area contributed by atoms with Crippen LogP contribution in [0.1, 0.15) is 24.0 Å². The number of aliphatic hydroxyl groups is 1. The van der Waals surface area contributed by atoms with E-state index in [-0.39, 0.29) is 17.8 Å². The molecule has 1 aliphatic rings. The standard InChI is InChI=1S/C13H15FN2O/c14-12-4-10(6-15)3-11(5-12)7-16-8-13(9-17)1-2-13/h3-5,16-17H,1-2,7-9H2. The van der Waals surface area contributed by atoms with Gasteiger partial charge in [0.1, 0.15) is 5.82 Å². The molecule has 4 heteroatoms. The second kappa shape index (κ2) is 4.82. The summed E-state index contributed by atoms with van der Waals surface area (Å²) in [5.74, 6) is -0.385. The first-order valence-corrected chi connectivity index (χ1v) is 5.69. The number of hydrogen-bond donors (Lipinski definition) is 2. The molecule has 1 aliphatic carbocycles. The second-order valence-electron chi connectivity index (χ2n) is 4.72. The summed E-state index contributed by atoms with van der Waals surface area (Å²) in [6.45, 7) is 1.46. The molecule has 0 aromatic heterocycles. The van der Waals surface area contributed by atoms with Gasteiger partial charge in [0.25, 0.3) is 0 Å². The number of aliphatic hydroxyl groups excluding tert-OH is 1. The van der Waals surface area contributed by atoms with Crippen molar-refractivity contribution in [3.8, 4) is 6.07 Å². The second-order valence-corrected chi connectivity index (χ2v) is 4.72. The van der Waals surface area contributed by atoms with E-state index in [1.54, 1.807) is 6.07 Å². The maximum atomic E-state index is 13.1. The van der Waals surface area contributed by atoms with Crippen molar-refractivity contribution in [3.05, 3.63) is 35.1 Å². The Kier molecular flexibility index (Phi) is 3.41. The van der Waals surface area contributed by atoms with Gasteiger partial charge in [-0.25, -0.2) is 4.39 Å². The Morgan fingerprint density at radius 3 is 2.76 bits per heavy atom. The van der Waals surface area contributed by atoms with Gasteiger partial charge in [0.05, 0.1) is 11.6 Å². The molecule has 1 aromatic carbocycles. The molecule has 0 aliphatic heterocycles. The molecule has 0 spiro atoms. The predicted molar refractivity (Wildman–Crippen MR) is 61.6 cm³/mol. The van der Waals surface area contributed by atoms with E-state index in [1.807, 2.05) is 6.07 Å². The summed E-state index contributed by atoms with van der Waals surface area (Å²) in [7, 11) is 0. The molecule has 0 amide bonds. The van der Waals surface area contributed by atoms with Crippen LogP contribution in [0, 0.1) is 22.6 Å². The normalized spacial score (nSPS) is 16.5. The quantitative estimate of drug-likeness (QED) is 0.813. The van der Waals surface area contributed by atoms with Crippen LogP contribution in [0.15, 0.2) is 18.2 Å². The van der Waals surface area contributed by atoms with E-state index in [2.05, 4.69) is 5.32 Å². The minimum Gasteiger partial charge on any atom is -0.396 e. The van der Waals surface area contributed by atoms with Crippen LogP contribution in [0.5, 0.6) is 0 Å². The predicted octanol–water partition coefficient (Wildman–Crippen LogP) is 1.56. The first-order valence-electron chi connectivity index (χ1n) is 5.69. The molecule has 17 heavy (non-hydrogen) atoms. The van der Waals surface area contributed by atoms with Gasteiger partial charge in [0.2, 0.25) is 0 Å². The van der Waals surface area contributed by atoms with E-state index in [4.69, 9.17) is 10.4 Å². The third kappa shape index (κ3) is 3.02. The third-order valence-electron chi connectivity index (χ3n) is 3.21. The average Bonchev–Trinajstić information content (AvgIpc) is 3.09. The summed E-state index contributed by atoms with van der Waals surface area (Å²) in [5, 5.41) is 21.1. The van der Waals surface area contributed by atoms with Crippen molar-refractivity contribution in [1.82, 2.24) is 5.32 Å². The lowest BCUT2D eigenvalue weighted by Gasteiger charge is -2.12. The van der Waals surface area contributed by atoms with E-state index in [9.17, 15) is 4.39 Å². The van der Waals surface area contributed by atoms with E-state index in [1.165, 1.54) is 12.1 Å². The summed E-state index contributed by atoms with van der Waals surface area (Å²) in [5.41, 5.74) is 1.14. The zero-order chi connectivity index (χ0) is 12.3. The summed E-state index contributed by atoms with van der Waals surface area (Å²) in [4.78, 5) is 0. The van der Waals surface area contributed by atoms with Gasteiger partial charge in [-0.1, -0.05) is 0 Å². The lowest BCUT2D eigenvalue weighted by molar-refractivity contribution is 0.207. The molecule has 0 atom stereocenters. The molecule has 1 fully saturated rings. The Bertz CT molecular complexity index is 449. The van der Waals surface area contributed by atoms with Crippen LogP contribution in [-0.2, 0) is 6.54 Å². The van der Waals surface area contributed by atoms with Crippen molar-refractivity contribution in [2.75, 3.05) is 13.2 Å². The van der Waals surface area contributed by atoms with Gasteiger partial charge in [-0.2, -0.15) is 5.26 Å². The van der Waals surface area contributed by atoms with Crippen LogP contribution in [0.4, 0.5) is 4.39 Å². The summed E-state index contributed by atoms with van der Waals surface area (Å²) in [6.07, 6.45) is 2.09. The number of halogens is 1. The highest BCUT2D eigenvalue weighted by Gasteiger charge is 2.41. The van der Waals surface area contributed by atoms with Crippen LogP contribution in [0.2, 0.25) is 0 Å². The molecule has 0 radical (unpaired) electrons. The van der Waals surface area contributed by atoms with Crippen LogP contribution in [-0.4, -0.2) is 18.3 Å². The minimum atomic E-state index is -0.385. The molecule has 0 unspecified atom stereocenters. The van der Waals surface area contributed by atoms with Crippen LogP contribution in [0.3, 0.4) is 0 Å². The monoisotopic (exact) mass is 234 g/mol. The summed E-state index contributed by atoms with van der Waals surface area (Å²) < 4.78 is 13.1. The molecular formula is C13H15FN2O. The molecule has 2 rings (SSSR count). The molecule has 0 bridgehead atoms. The molecule has 3 nitrogen and oxygen atoms in total. The number of nitrogens with one attached hydrogen (secondary N) is 1. The molecule has 1 saturated carbocycles. The molecular weight excluding hydrogens is 219 g/mol. The first kappa shape index (κ1) is 12.0. The van der Waals surface area contributed by atoms with Gasteiger partial charge >= 0.3 is 0 Å². The van der Waals surface area contributed by atoms with Gasteiger partial charge in [-0.3, -0.25) is 0 Å². The van der Waals surface area contributed by atoms with Crippen molar-refractivity contribution in [2.24, 2.45) is 5.41 Å². The average molecular weight is 234 g/mol. The Morgan fingerprint density at radius 1 is 1.41 bits per heavy atom. The lowest BCUT2D eigenvalue weighted by Crippen LogP contribution is -2.26. The highest BCUT2D eigenvalue weighted by Crippen LogP contribution is 2.44. The fraction of sp³-hybridized carbons (Fsp3) is 0.462. The van der Waals surface area contributed by atoms with Crippen LogP contribution < -0.4 is 5.32 Å². The van der Waals surface area contributed by atoms with Gasteiger partial charge in [0, 0.05) is 25.1 Å². The molecule has 90 valence electrons. The number of hydrogen-bond acceptors (Lipinski definition) is 3. The van der Waals surface area contributed by atoms with E-state index in [0.29, 0.717) is 12.1 Å². The zero-order valence-corrected chi connectivity index (χ0v) is 9.54. The smallest absolute Gasteiger partial charge is 0.124 e. The Balaban J connectivity index is 1.91. The molecule has 2 N–H and O–H groups in total. The molecule has 1 aromatic rings. The molecule has 0 heterocycles. The lowest BCUT2D eigenvalue weighted by atomic mass is 10.1. The van der Waals surface area contributed by atoms with Crippen LogP contribution >= 0.6 is 0 Å². The van der Waals surface area contributed by atoms with Crippen molar-refractivity contribution >= 4 is 0 Å². The fourth-order valence-corrected chi connectivity index (χ4v) is 1.86. The topological polar surface area (TPSA) is 56.0 Å². The minimum absolute atomic E-state index is 0.0470. The maximum absolute atomic E-state index is 13.1. The largest absolute Gasteiger partial charge is 0.396 e. The summed E-state index contributed by atoms with van der Waals surface area (Å²) in [6, 6.07) is 6.25. The van der Waals surface area contributed by atoms with Gasteiger partial charge in [-0.15, -0.1) is 0 Å². The Labute approximate surface area is 99.9 Å². The number of benzene rings is 1. The summed E-state index contributed by atoms with van der Waals surface area (Å²) >= 11 is 0. The highest BCUT2D eigenvalue weighted by atomic mass is 19.1. The highest BCUT2D eigenvalue weighted by molar-refractivity contribution is 5.33. The maximum Gasteiger partial charge on any atom is 0.124 e. The number of rotatable bonds is 5. The SMILES string of the molecule is N#Cc1cc(F)cc(CNCC2(CO)CC2)c1. The van der Waals surface area contributed by atoms with Crippen molar-refractivity contribution in [3.63, 3.8) is 0 Å². The van der Waals surface area contributed by atoms with E-state index < -0.39 is 0 Å². The zero-order valence-electron chi connectivity index (χ0n) is 9.54. The molecule has 0 saturated heterocycles. The van der Waals surface area contributed by atoms with Gasteiger partial charge in [0.15, 0.2) is 0 Å². The van der Waals surface area contributed by atoms with Gasteiger partial charge in [-0.05, 0) is 36.6 Å². The Hall–Kier alpha value is -1.44. The number of nitriles is 1. The fourth-order valence-electron chi connectivity index (χ4n) is 1.86. The van der Waals surface area contributed by atoms with E-state index in [0.717, 1.165) is 24.9 Å². The van der Waals surface area contributed by atoms with Gasteiger partial charge < -0.3 is 10.4 Å². The van der Waals surface area contributed by atoms with Crippen molar-refractivity contribution in [1.29, 1.82) is 5.26 Å². The van der Waals surface area contributed by atoms with E-state index >= 15 is 0 Å². The third-order valence-corrected chi connectivity index (χ3v) is 3.21. The Morgan fingerprint density at radius 2 is 2.18 bits per heavy atom. The van der Waals surface area contributed by atoms with Crippen molar-refractivity contribution in [2.45, 2.75) is 19.4 Å².